The second kappa shape index (κ2) is 16.1. The first-order valence-corrected chi connectivity index (χ1v) is 11.5. The van der Waals surface area contributed by atoms with Crippen LogP contribution >= 0.6 is 0 Å². The molecule has 2 heterocycles. The van der Waals surface area contributed by atoms with Crippen LogP contribution in [0.2, 0.25) is 0 Å². The maximum Gasteiger partial charge on any atom is 0.258 e. The van der Waals surface area contributed by atoms with Crippen molar-refractivity contribution >= 4 is 31.1 Å². The molecular formula is C21H38N3O8S2-. The third kappa shape index (κ3) is 13.9. The van der Waals surface area contributed by atoms with Gasteiger partial charge in [-0.25, -0.2) is 13.4 Å². The van der Waals surface area contributed by atoms with Gasteiger partial charge in [0.1, 0.15) is 12.3 Å². The summed E-state index contributed by atoms with van der Waals surface area (Å²) in [5.74, 6) is 1.55. The van der Waals surface area contributed by atoms with Crippen LogP contribution in [0.5, 0.6) is 0 Å². The van der Waals surface area contributed by atoms with Gasteiger partial charge in [0.15, 0.2) is 15.6 Å². The van der Waals surface area contributed by atoms with Crippen molar-refractivity contribution in [3.05, 3.63) is 52.8 Å². The molecule has 198 valence electrons. The molecule has 1 aromatic carbocycles. The van der Waals surface area contributed by atoms with E-state index in [4.69, 9.17) is 21.9 Å². The largest absolute Gasteiger partial charge is 0.759 e. The van der Waals surface area contributed by atoms with Gasteiger partial charge in [-0.2, -0.15) is 0 Å². The van der Waals surface area contributed by atoms with Crippen LogP contribution in [0.3, 0.4) is 0 Å². The predicted octanol–water partition coefficient (Wildman–Crippen LogP) is 2.13. The van der Waals surface area contributed by atoms with Crippen LogP contribution in [0, 0.1) is 0 Å². The lowest BCUT2D eigenvalue weighted by molar-refractivity contribution is -0.668. The zero-order valence-electron chi connectivity index (χ0n) is 15.2. The van der Waals surface area contributed by atoms with Gasteiger partial charge in [0, 0.05) is 22.2 Å². The topological polar surface area (TPSA) is 190 Å². The Morgan fingerprint density at radius 2 is 1.59 bits per heavy atom. The molecular weight excluding hydrogens is 486 g/mol. The molecule has 0 unspecified atom stereocenters. The molecule has 0 aliphatic heterocycles. The van der Waals surface area contributed by atoms with Gasteiger partial charge in [-0.05, 0) is 30.3 Å². The second-order valence-corrected chi connectivity index (χ2v) is 9.13. The second-order valence-electron chi connectivity index (χ2n) is 6.05. The van der Waals surface area contributed by atoms with Crippen LogP contribution in [0.4, 0.5) is 0 Å². The first-order chi connectivity index (χ1) is 13.4. The number of nitrogens with zero attached hydrogens (tertiary/aromatic N) is 1. The molecule has 0 aliphatic rings. The fraction of sp³-hybridized carbons (Fsp3) is 0.429. The van der Waals surface area contributed by atoms with E-state index in [-0.39, 0.29) is 48.4 Å². The number of hydrogen-bond donors (Lipinski definition) is 2. The molecule has 0 bridgehead atoms. The van der Waals surface area contributed by atoms with Crippen molar-refractivity contribution in [2.45, 2.75) is 43.7 Å². The van der Waals surface area contributed by atoms with Gasteiger partial charge < -0.3 is 23.8 Å². The highest BCUT2D eigenvalue weighted by Gasteiger charge is 2.09. The zero-order chi connectivity index (χ0) is 21.7. The monoisotopic (exact) mass is 524 g/mol. The SMILES string of the molecule is C.C.C.C.C.CS(=O)(=O)CC[NH2+]Cc1ccc(-c2ccc3nc[nH]c(=O)c3c2)o1.O=S(=O)([O-])[O-]. The highest BCUT2D eigenvalue weighted by atomic mass is 32.3. The Morgan fingerprint density at radius 3 is 2.15 bits per heavy atom. The Morgan fingerprint density at radius 1 is 1.00 bits per heavy atom. The first kappa shape index (κ1) is 38.7. The van der Waals surface area contributed by atoms with Gasteiger partial charge in [0.2, 0.25) is 0 Å². The summed E-state index contributed by atoms with van der Waals surface area (Å²) in [5, 5.41) is 2.39. The molecule has 3 aromatic rings. The maximum atomic E-state index is 11.8. The van der Waals surface area contributed by atoms with E-state index in [0.717, 1.165) is 11.3 Å². The van der Waals surface area contributed by atoms with Gasteiger partial charge in [0.05, 0.1) is 29.5 Å². The summed E-state index contributed by atoms with van der Waals surface area (Å²) in [6.45, 7) is 1.05. The molecule has 2 aromatic heterocycles. The fourth-order valence-corrected chi connectivity index (χ4v) is 3.00. The van der Waals surface area contributed by atoms with Crippen molar-refractivity contribution in [2.24, 2.45) is 0 Å². The van der Waals surface area contributed by atoms with Crippen molar-refractivity contribution < 1.29 is 35.7 Å². The van der Waals surface area contributed by atoms with E-state index < -0.39 is 20.2 Å². The molecule has 3 rings (SSSR count). The van der Waals surface area contributed by atoms with Crippen LogP contribution in [-0.4, -0.2) is 54.5 Å². The Labute approximate surface area is 203 Å². The molecule has 3 N–H and O–H groups in total. The number of nitrogens with two attached hydrogens (primary N) is 1. The van der Waals surface area contributed by atoms with Crippen LogP contribution in [0.25, 0.3) is 22.2 Å². The molecule has 0 radical (unpaired) electrons. The Kier molecular flexibility index (Phi) is 18.3. The summed E-state index contributed by atoms with van der Waals surface area (Å²) >= 11 is 0. The molecule has 0 saturated carbocycles. The minimum absolute atomic E-state index is 0. The average molecular weight is 525 g/mol. The maximum absolute atomic E-state index is 11.8. The van der Waals surface area contributed by atoms with E-state index in [1.165, 1.54) is 12.6 Å². The number of quaternary nitrogens is 1. The third-order valence-electron chi connectivity index (χ3n) is 3.62. The minimum atomic E-state index is -5.17. The smallest absolute Gasteiger partial charge is 0.258 e. The quantitative estimate of drug-likeness (QED) is 0.276. The molecule has 0 saturated heterocycles. The number of fused-ring (bicyclic) bond motifs is 1. The van der Waals surface area contributed by atoms with Crippen LogP contribution in [-0.2, 0) is 26.8 Å². The summed E-state index contributed by atoms with van der Waals surface area (Å²) in [4.78, 5) is 18.5. The molecule has 0 aliphatic carbocycles. The number of aromatic nitrogens is 2. The van der Waals surface area contributed by atoms with Crippen molar-refractivity contribution in [3.8, 4) is 11.3 Å². The highest BCUT2D eigenvalue weighted by molar-refractivity contribution is 7.90. The van der Waals surface area contributed by atoms with E-state index in [9.17, 15) is 13.2 Å². The molecule has 0 atom stereocenters. The molecule has 0 amide bonds. The molecule has 0 fully saturated rings. The summed E-state index contributed by atoms with van der Waals surface area (Å²) in [7, 11) is -8.11. The summed E-state index contributed by atoms with van der Waals surface area (Å²) in [6.07, 6.45) is 2.60. The lowest BCUT2D eigenvalue weighted by Gasteiger charge is -2.06. The van der Waals surface area contributed by atoms with Gasteiger partial charge in [0.25, 0.3) is 5.56 Å². The number of rotatable bonds is 6. The van der Waals surface area contributed by atoms with Crippen LogP contribution < -0.4 is 10.9 Å². The number of furan rings is 1. The van der Waals surface area contributed by atoms with E-state index in [1.807, 2.05) is 23.5 Å². The summed E-state index contributed by atoms with van der Waals surface area (Å²) < 4.78 is 62.0. The Hall–Kier alpha value is -2.58. The van der Waals surface area contributed by atoms with Crippen molar-refractivity contribution in [1.82, 2.24) is 9.97 Å². The third-order valence-corrected chi connectivity index (χ3v) is 4.60. The van der Waals surface area contributed by atoms with E-state index >= 15 is 0 Å². The van der Waals surface area contributed by atoms with E-state index in [1.54, 1.807) is 12.1 Å². The first-order valence-electron chi connectivity index (χ1n) is 8.15. The van der Waals surface area contributed by atoms with Crippen molar-refractivity contribution in [2.75, 3.05) is 18.6 Å². The van der Waals surface area contributed by atoms with Crippen molar-refractivity contribution in [3.63, 3.8) is 0 Å². The van der Waals surface area contributed by atoms with Gasteiger partial charge in [-0.3, -0.25) is 13.2 Å². The van der Waals surface area contributed by atoms with Crippen molar-refractivity contribution in [1.29, 1.82) is 0 Å². The number of aromatic amines is 1. The van der Waals surface area contributed by atoms with E-state index in [0.29, 0.717) is 29.8 Å². The summed E-state index contributed by atoms with van der Waals surface area (Å²) in [5.41, 5.74) is 1.23. The number of hydrogen-bond acceptors (Lipinski definition) is 9. The normalized spacial score (nSPS) is 10.1. The molecule has 34 heavy (non-hydrogen) atoms. The van der Waals surface area contributed by atoms with Gasteiger partial charge in [-0.15, -0.1) is 0 Å². The van der Waals surface area contributed by atoms with Gasteiger partial charge in [-0.1, -0.05) is 37.1 Å². The van der Waals surface area contributed by atoms with E-state index in [2.05, 4.69) is 9.97 Å². The molecule has 11 nitrogen and oxygen atoms in total. The fourth-order valence-electron chi connectivity index (χ4n) is 2.41. The highest BCUT2D eigenvalue weighted by Crippen LogP contribution is 2.24. The molecule has 0 spiro atoms. The lowest BCUT2D eigenvalue weighted by atomic mass is 10.1. The predicted molar refractivity (Wildman–Crippen MR) is 134 cm³/mol. The van der Waals surface area contributed by atoms with Crippen LogP contribution in [0.1, 0.15) is 42.9 Å². The summed E-state index contributed by atoms with van der Waals surface area (Å²) in [6, 6.07) is 9.07. The molecule has 13 heteroatoms. The number of benzene rings is 1. The Bertz CT molecular complexity index is 1240. The standard InChI is InChI=1S/C16H17N3O4S.5CH4.H2O4S/c1-24(21,22)7-6-17-9-12-3-5-15(23-12)11-2-4-14-13(8-11)16(20)19-10-18-14;;;;;;1-5(2,3)4/h2-5,8,10,17H,6-7,9H2,1H3,(H,18,19,20);5*1H4;(H2,1,2,3,4)/p-1. The number of nitrogens with one attached hydrogen (secondary N) is 1. The van der Waals surface area contributed by atoms with Gasteiger partial charge >= 0.3 is 0 Å². The number of H-pyrrole nitrogens is 1. The average Bonchev–Trinajstić information content (AvgIpc) is 3.06. The Balaban J connectivity index is -0.000000411. The zero-order valence-corrected chi connectivity index (χ0v) is 16.8. The minimum Gasteiger partial charge on any atom is -0.759 e. The lowest BCUT2D eigenvalue weighted by Crippen LogP contribution is -2.83. The van der Waals surface area contributed by atoms with Crippen LogP contribution in [0.15, 0.2) is 45.9 Å². The number of sulfone groups is 1.